The van der Waals surface area contributed by atoms with Gasteiger partial charge >= 0.3 is 6.03 Å². The van der Waals surface area contributed by atoms with Gasteiger partial charge in [-0.2, -0.15) is 0 Å². The summed E-state index contributed by atoms with van der Waals surface area (Å²) in [5, 5.41) is 5.44. The minimum atomic E-state index is -1.34. The number of nitrogens with zero attached hydrogens (tertiary/aromatic N) is 1. The fourth-order valence-corrected chi connectivity index (χ4v) is 3.65. The molecule has 172 valence electrons. The van der Waals surface area contributed by atoms with Gasteiger partial charge in [0.2, 0.25) is 5.91 Å². The molecular formula is C24H25N3O6. The molecule has 4 rings (SSSR count). The zero-order valence-electron chi connectivity index (χ0n) is 18.6. The summed E-state index contributed by atoms with van der Waals surface area (Å²) < 4.78 is 11.1. The lowest BCUT2D eigenvalue weighted by atomic mass is 9.91. The van der Waals surface area contributed by atoms with E-state index in [1.807, 2.05) is 0 Å². The minimum absolute atomic E-state index is 0.133. The number of ether oxygens (including phenoxy) is 2. The molecule has 9 heteroatoms. The molecule has 33 heavy (non-hydrogen) atoms. The van der Waals surface area contributed by atoms with Crippen LogP contribution in [0.5, 0.6) is 11.5 Å². The van der Waals surface area contributed by atoms with E-state index in [1.54, 1.807) is 63.2 Å². The van der Waals surface area contributed by atoms with Crippen LogP contribution >= 0.6 is 0 Å². The third kappa shape index (κ3) is 4.26. The van der Waals surface area contributed by atoms with Crippen LogP contribution in [0.2, 0.25) is 0 Å². The highest BCUT2D eigenvalue weighted by molar-refractivity contribution is 6.11. The number of imide groups is 1. The SMILES string of the molecule is CC(C)C(=O)Nc1ccc(C(=O)CN2C(=O)NC(C)(c3ccc4c(c3)OCCO4)C2=O)cc1. The van der Waals surface area contributed by atoms with Gasteiger partial charge in [0.15, 0.2) is 17.3 Å². The number of Topliss-reactive ketones (excluding diaryl/α,β-unsaturated/α-hetero) is 1. The van der Waals surface area contributed by atoms with Crippen LogP contribution in [-0.4, -0.2) is 48.3 Å². The van der Waals surface area contributed by atoms with Gasteiger partial charge < -0.3 is 20.1 Å². The van der Waals surface area contributed by atoms with Gasteiger partial charge in [0.25, 0.3) is 5.91 Å². The van der Waals surface area contributed by atoms with E-state index in [4.69, 9.17) is 9.47 Å². The van der Waals surface area contributed by atoms with E-state index in [2.05, 4.69) is 10.6 Å². The second-order valence-electron chi connectivity index (χ2n) is 8.45. The first-order valence-corrected chi connectivity index (χ1v) is 10.7. The number of urea groups is 1. The molecule has 0 aliphatic carbocycles. The fraction of sp³-hybridized carbons (Fsp3) is 0.333. The lowest BCUT2D eigenvalue weighted by Crippen LogP contribution is -2.41. The molecule has 2 aromatic carbocycles. The Labute approximate surface area is 191 Å². The summed E-state index contributed by atoms with van der Waals surface area (Å²) in [6, 6.07) is 10.7. The average Bonchev–Trinajstić information content (AvgIpc) is 3.02. The number of anilines is 1. The van der Waals surface area contributed by atoms with Gasteiger partial charge in [-0.3, -0.25) is 19.3 Å². The monoisotopic (exact) mass is 451 g/mol. The number of fused-ring (bicyclic) bond motifs is 1. The molecule has 2 aliphatic heterocycles. The molecule has 0 saturated carbocycles. The van der Waals surface area contributed by atoms with E-state index < -0.39 is 29.8 Å². The lowest BCUT2D eigenvalue weighted by molar-refractivity contribution is -0.130. The van der Waals surface area contributed by atoms with Crippen LogP contribution < -0.4 is 20.1 Å². The standard InChI is InChI=1S/C24H25N3O6/c1-14(2)21(29)25-17-7-4-15(5-8-17)18(28)13-27-22(30)24(3,26-23(27)31)16-6-9-19-20(12-16)33-11-10-32-19/h4-9,12,14H,10-11,13H2,1-3H3,(H,25,29)(H,26,31). The number of rotatable bonds is 6. The van der Waals surface area contributed by atoms with E-state index in [0.29, 0.717) is 41.5 Å². The molecule has 0 radical (unpaired) electrons. The Morgan fingerprint density at radius 3 is 2.39 bits per heavy atom. The van der Waals surface area contributed by atoms with Crippen molar-refractivity contribution < 1.29 is 28.7 Å². The van der Waals surface area contributed by atoms with Gasteiger partial charge in [-0.25, -0.2) is 4.79 Å². The van der Waals surface area contributed by atoms with Crippen molar-refractivity contribution in [2.75, 3.05) is 25.1 Å². The quantitative estimate of drug-likeness (QED) is 0.516. The van der Waals surface area contributed by atoms with E-state index >= 15 is 0 Å². The van der Waals surface area contributed by atoms with E-state index in [-0.39, 0.29) is 11.8 Å². The Kier molecular flexibility index (Phi) is 5.80. The zero-order chi connectivity index (χ0) is 23.8. The van der Waals surface area contributed by atoms with Crippen LogP contribution in [0.15, 0.2) is 42.5 Å². The zero-order valence-corrected chi connectivity index (χ0v) is 18.6. The first kappa shape index (κ1) is 22.3. The van der Waals surface area contributed by atoms with Crippen LogP contribution in [0.4, 0.5) is 10.5 Å². The van der Waals surface area contributed by atoms with E-state index in [1.165, 1.54) is 0 Å². The molecule has 1 fully saturated rings. The number of nitrogens with one attached hydrogen (secondary N) is 2. The summed E-state index contributed by atoms with van der Waals surface area (Å²) >= 11 is 0. The third-order valence-corrected chi connectivity index (χ3v) is 5.70. The molecule has 0 spiro atoms. The topological polar surface area (TPSA) is 114 Å². The van der Waals surface area contributed by atoms with Crippen molar-refractivity contribution in [3.63, 3.8) is 0 Å². The first-order valence-electron chi connectivity index (χ1n) is 10.7. The molecule has 2 heterocycles. The predicted octanol–water partition coefficient (Wildman–Crippen LogP) is 2.70. The number of benzene rings is 2. The maximum Gasteiger partial charge on any atom is 0.325 e. The normalized spacial score (nSPS) is 19.5. The van der Waals surface area contributed by atoms with Crippen LogP contribution in [0.25, 0.3) is 0 Å². The third-order valence-electron chi connectivity index (χ3n) is 5.70. The van der Waals surface area contributed by atoms with Crippen LogP contribution in [0, 0.1) is 5.92 Å². The van der Waals surface area contributed by atoms with Gasteiger partial charge in [-0.1, -0.05) is 19.9 Å². The fourth-order valence-electron chi connectivity index (χ4n) is 3.65. The van der Waals surface area contributed by atoms with Crippen molar-refractivity contribution in [3.8, 4) is 11.5 Å². The second-order valence-corrected chi connectivity index (χ2v) is 8.45. The lowest BCUT2D eigenvalue weighted by Gasteiger charge is -2.25. The van der Waals surface area contributed by atoms with Gasteiger partial charge in [-0.15, -0.1) is 0 Å². The molecule has 2 N–H and O–H groups in total. The van der Waals surface area contributed by atoms with Crippen molar-refractivity contribution in [1.82, 2.24) is 10.2 Å². The first-order chi connectivity index (χ1) is 15.7. The summed E-state index contributed by atoms with van der Waals surface area (Å²) in [4.78, 5) is 51.3. The van der Waals surface area contributed by atoms with Gasteiger partial charge in [0.05, 0.1) is 6.54 Å². The summed E-state index contributed by atoms with van der Waals surface area (Å²) in [7, 11) is 0. The smallest absolute Gasteiger partial charge is 0.325 e. The number of hydrogen-bond acceptors (Lipinski definition) is 6. The number of carbonyl (C=O) groups is 4. The van der Waals surface area contributed by atoms with Crippen molar-refractivity contribution >= 4 is 29.3 Å². The Morgan fingerprint density at radius 1 is 1.06 bits per heavy atom. The molecule has 2 aliphatic rings. The number of hydrogen-bond donors (Lipinski definition) is 2. The summed E-state index contributed by atoms with van der Waals surface area (Å²) in [5.74, 6) is -0.155. The maximum absolute atomic E-state index is 13.2. The van der Waals surface area contributed by atoms with Crippen molar-refractivity contribution in [2.24, 2.45) is 5.92 Å². The molecular weight excluding hydrogens is 426 g/mol. The second kappa shape index (κ2) is 8.57. The molecule has 9 nitrogen and oxygen atoms in total. The maximum atomic E-state index is 13.2. The summed E-state index contributed by atoms with van der Waals surface area (Å²) in [6.45, 7) is 5.60. The number of ketones is 1. The highest BCUT2D eigenvalue weighted by Gasteiger charge is 2.49. The Morgan fingerprint density at radius 2 is 1.73 bits per heavy atom. The molecule has 1 unspecified atom stereocenters. The number of amides is 4. The van der Waals surface area contributed by atoms with Gasteiger partial charge in [-0.05, 0) is 48.9 Å². The molecule has 0 aromatic heterocycles. The Bertz CT molecular complexity index is 1130. The predicted molar refractivity (Wildman–Crippen MR) is 119 cm³/mol. The average molecular weight is 451 g/mol. The highest BCUT2D eigenvalue weighted by Crippen LogP contribution is 2.36. The minimum Gasteiger partial charge on any atom is -0.486 e. The Hall–Kier alpha value is -3.88. The van der Waals surface area contributed by atoms with Crippen molar-refractivity contribution in [3.05, 3.63) is 53.6 Å². The van der Waals surface area contributed by atoms with Crippen LogP contribution in [0.3, 0.4) is 0 Å². The molecule has 4 amide bonds. The van der Waals surface area contributed by atoms with E-state index in [9.17, 15) is 19.2 Å². The van der Waals surface area contributed by atoms with E-state index in [0.717, 1.165) is 4.90 Å². The molecule has 0 bridgehead atoms. The molecule has 2 aromatic rings. The summed E-state index contributed by atoms with van der Waals surface area (Å²) in [6.07, 6.45) is 0. The number of carbonyl (C=O) groups excluding carboxylic acids is 4. The van der Waals surface area contributed by atoms with Crippen LogP contribution in [-0.2, 0) is 15.1 Å². The van der Waals surface area contributed by atoms with Crippen molar-refractivity contribution in [1.29, 1.82) is 0 Å². The van der Waals surface area contributed by atoms with Gasteiger partial charge in [0.1, 0.15) is 18.8 Å². The highest BCUT2D eigenvalue weighted by atomic mass is 16.6. The molecule has 1 atom stereocenters. The molecule has 1 saturated heterocycles. The van der Waals surface area contributed by atoms with Crippen LogP contribution in [0.1, 0.15) is 36.7 Å². The summed E-state index contributed by atoms with van der Waals surface area (Å²) in [5.41, 5.74) is 0.0841. The Balaban J connectivity index is 1.48. The van der Waals surface area contributed by atoms with Crippen molar-refractivity contribution in [2.45, 2.75) is 26.3 Å². The largest absolute Gasteiger partial charge is 0.486 e. The van der Waals surface area contributed by atoms with Gasteiger partial charge in [0, 0.05) is 17.2 Å².